The Hall–Kier alpha value is -4.46. The first kappa shape index (κ1) is 41.5. The minimum absolute atomic E-state index is 0.0315. The van der Waals surface area contributed by atoms with Crippen molar-refractivity contribution in [2.75, 3.05) is 18.6 Å². The number of hydrogen-bond donors (Lipinski definition) is 10. The van der Waals surface area contributed by atoms with E-state index < -0.39 is 109 Å². The molecular weight excluding hydrogens is 632 g/mol. The van der Waals surface area contributed by atoms with Crippen LogP contribution in [0.4, 0.5) is 0 Å². The van der Waals surface area contributed by atoms with Gasteiger partial charge in [0.2, 0.25) is 41.4 Å². The Labute approximate surface area is 269 Å². The van der Waals surface area contributed by atoms with Gasteiger partial charge >= 0.3 is 11.9 Å². The molecule has 0 unspecified atom stereocenters. The molecule has 260 valence electrons. The summed E-state index contributed by atoms with van der Waals surface area (Å²) in [6, 6.07) is -7.21. The third-order valence-electron chi connectivity index (χ3n) is 6.54. The smallest absolute Gasteiger partial charge is 0.326 e. The Balaban J connectivity index is 5.86. The van der Waals surface area contributed by atoms with Crippen molar-refractivity contribution in [2.24, 2.45) is 23.1 Å². The Bertz CT molecular complexity index is 1140. The zero-order valence-corrected chi connectivity index (χ0v) is 26.6. The van der Waals surface area contributed by atoms with E-state index >= 15 is 0 Å². The molecule has 0 saturated carbocycles. The number of carbonyl (C=O) groups is 9. The lowest BCUT2D eigenvalue weighted by molar-refractivity contribution is -0.144. The molecule has 6 atom stereocenters. The molecule has 13 N–H and O–H groups in total. The van der Waals surface area contributed by atoms with E-state index in [-0.39, 0.29) is 19.3 Å². The number of nitrogens with one attached hydrogen (secondary N) is 5. The number of hydrogen-bond acceptors (Lipinski definition) is 11. The van der Waals surface area contributed by atoms with Crippen LogP contribution >= 0.6 is 11.8 Å². The number of nitrogens with two attached hydrogens (primary N) is 3. The first-order valence-corrected chi connectivity index (χ1v) is 15.6. The fraction of sp³-hybridized carbons (Fsp3) is 0.654. The van der Waals surface area contributed by atoms with Gasteiger partial charge in [0.05, 0.1) is 25.4 Å². The van der Waals surface area contributed by atoms with E-state index in [0.29, 0.717) is 12.2 Å². The van der Waals surface area contributed by atoms with E-state index in [1.165, 1.54) is 11.8 Å². The van der Waals surface area contributed by atoms with Crippen molar-refractivity contribution in [3.63, 3.8) is 0 Å². The fourth-order valence-electron chi connectivity index (χ4n) is 3.78. The van der Waals surface area contributed by atoms with Crippen LogP contribution in [0, 0.1) is 5.92 Å². The van der Waals surface area contributed by atoms with Crippen LogP contribution in [0.1, 0.15) is 52.4 Å². The molecule has 46 heavy (non-hydrogen) atoms. The molecule has 0 saturated heterocycles. The van der Waals surface area contributed by atoms with Crippen molar-refractivity contribution < 1.29 is 53.4 Å². The molecular formula is C26H44N8O11S. The van der Waals surface area contributed by atoms with Gasteiger partial charge in [-0.3, -0.25) is 38.4 Å². The van der Waals surface area contributed by atoms with Gasteiger partial charge in [0.15, 0.2) is 0 Å². The van der Waals surface area contributed by atoms with Gasteiger partial charge < -0.3 is 54.0 Å². The van der Waals surface area contributed by atoms with Crippen LogP contribution in [-0.4, -0.2) is 112 Å². The summed E-state index contributed by atoms with van der Waals surface area (Å²) in [6.07, 6.45) is 0.000779. The predicted octanol–water partition coefficient (Wildman–Crippen LogP) is -4.13. The lowest BCUT2D eigenvalue weighted by atomic mass is 9.96. The van der Waals surface area contributed by atoms with Crippen LogP contribution in [0.15, 0.2) is 0 Å². The average Bonchev–Trinajstić information content (AvgIpc) is 2.96. The van der Waals surface area contributed by atoms with E-state index in [9.17, 15) is 53.4 Å². The largest absolute Gasteiger partial charge is 0.481 e. The molecule has 0 heterocycles. The molecule has 0 fully saturated rings. The second kappa shape index (κ2) is 21.3. The lowest BCUT2D eigenvalue weighted by Crippen LogP contribution is -2.60. The predicted molar refractivity (Wildman–Crippen MR) is 163 cm³/mol. The number of rotatable bonds is 23. The Morgan fingerprint density at radius 2 is 1.33 bits per heavy atom. The highest BCUT2D eigenvalue weighted by molar-refractivity contribution is 7.98. The number of carboxylic acid groups (broad SMARTS) is 2. The number of amides is 7. The molecule has 0 bridgehead atoms. The summed E-state index contributed by atoms with van der Waals surface area (Å²) in [5, 5.41) is 30.1. The zero-order valence-electron chi connectivity index (χ0n) is 25.8. The summed E-state index contributed by atoms with van der Waals surface area (Å²) in [4.78, 5) is 109. The lowest BCUT2D eigenvalue weighted by Gasteiger charge is -2.28. The Kier molecular flexibility index (Phi) is 19.2. The second-order valence-electron chi connectivity index (χ2n) is 10.3. The van der Waals surface area contributed by atoms with Crippen LogP contribution in [-0.2, 0) is 43.2 Å². The quantitative estimate of drug-likeness (QED) is 0.0492. The maximum Gasteiger partial charge on any atom is 0.326 e. The molecule has 20 heteroatoms. The van der Waals surface area contributed by atoms with E-state index in [0.717, 1.165) is 0 Å². The summed E-state index contributed by atoms with van der Waals surface area (Å²) in [7, 11) is 0. The molecule has 0 radical (unpaired) electrons. The first-order chi connectivity index (χ1) is 21.4. The summed E-state index contributed by atoms with van der Waals surface area (Å²) < 4.78 is 0. The highest BCUT2D eigenvalue weighted by Crippen LogP contribution is 2.11. The Morgan fingerprint density at radius 3 is 1.83 bits per heavy atom. The molecule has 0 aliphatic heterocycles. The molecule has 0 spiro atoms. The number of carboxylic acids is 2. The molecule has 0 aromatic carbocycles. The van der Waals surface area contributed by atoms with Gasteiger partial charge in [-0.05, 0) is 30.8 Å². The third kappa shape index (κ3) is 16.6. The minimum Gasteiger partial charge on any atom is -0.481 e. The van der Waals surface area contributed by atoms with Gasteiger partial charge in [0.25, 0.3) is 0 Å². The summed E-state index contributed by atoms with van der Waals surface area (Å²) >= 11 is 1.33. The first-order valence-electron chi connectivity index (χ1n) is 14.2. The average molecular weight is 677 g/mol. The van der Waals surface area contributed by atoms with Gasteiger partial charge in [-0.1, -0.05) is 20.3 Å². The van der Waals surface area contributed by atoms with Crippen molar-refractivity contribution in [3.05, 3.63) is 0 Å². The maximum absolute atomic E-state index is 13.3. The molecule has 0 aliphatic carbocycles. The van der Waals surface area contributed by atoms with Crippen molar-refractivity contribution in [1.82, 2.24) is 26.6 Å². The second-order valence-corrected chi connectivity index (χ2v) is 11.3. The van der Waals surface area contributed by atoms with Crippen LogP contribution < -0.4 is 43.8 Å². The standard InChI is InChI=1S/C26H44N8O11S/c1-4-12(2)21(25(43)33-16(10-20(38)39)24(42)32-15(26(44)45)7-8-46-3)34-23(41)14(5-6-17(28)35)31-19(37)11-30-22(40)13(27)9-18(29)36/h12-16,21H,4-11,27H2,1-3H3,(H2,28,35)(H2,29,36)(H,30,40)(H,31,37)(H,32,42)(H,33,43)(H,34,41)(H,38,39)(H,44,45)/t12-,13-,14-,15-,16-,21-/m0/s1. The summed E-state index contributed by atoms with van der Waals surface area (Å²) in [5.74, 6) is -9.49. The van der Waals surface area contributed by atoms with E-state index in [1.807, 2.05) is 0 Å². The topological polar surface area (TPSA) is 332 Å². The van der Waals surface area contributed by atoms with Gasteiger partial charge in [-0.2, -0.15) is 11.8 Å². The van der Waals surface area contributed by atoms with Crippen molar-refractivity contribution in [3.8, 4) is 0 Å². The zero-order chi connectivity index (χ0) is 35.6. The van der Waals surface area contributed by atoms with Crippen LogP contribution in [0.3, 0.4) is 0 Å². The summed E-state index contributed by atoms with van der Waals surface area (Å²) in [5.41, 5.74) is 15.7. The van der Waals surface area contributed by atoms with E-state index in [1.54, 1.807) is 20.1 Å². The van der Waals surface area contributed by atoms with Crippen LogP contribution in [0.5, 0.6) is 0 Å². The molecule has 0 rings (SSSR count). The number of primary amides is 2. The highest BCUT2D eigenvalue weighted by atomic mass is 32.2. The maximum atomic E-state index is 13.3. The van der Waals surface area contributed by atoms with Gasteiger partial charge in [0.1, 0.15) is 24.2 Å². The normalized spacial score (nSPS) is 14.6. The summed E-state index contributed by atoms with van der Waals surface area (Å²) in [6.45, 7) is 2.57. The molecule has 0 aromatic heterocycles. The van der Waals surface area contributed by atoms with Crippen molar-refractivity contribution in [1.29, 1.82) is 0 Å². The number of carbonyl (C=O) groups excluding carboxylic acids is 7. The molecule has 0 aromatic rings. The van der Waals surface area contributed by atoms with Crippen molar-refractivity contribution >= 4 is 65.1 Å². The van der Waals surface area contributed by atoms with E-state index in [4.69, 9.17) is 17.2 Å². The molecule has 7 amide bonds. The van der Waals surface area contributed by atoms with Gasteiger partial charge in [0, 0.05) is 6.42 Å². The third-order valence-corrected chi connectivity index (χ3v) is 7.19. The monoisotopic (exact) mass is 676 g/mol. The van der Waals surface area contributed by atoms with Crippen LogP contribution in [0.2, 0.25) is 0 Å². The Morgan fingerprint density at radius 1 is 0.739 bits per heavy atom. The van der Waals surface area contributed by atoms with Crippen molar-refractivity contribution in [2.45, 2.75) is 82.6 Å². The van der Waals surface area contributed by atoms with Gasteiger partial charge in [-0.15, -0.1) is 0 Å². The number of aliphatic carboxylic acids is 2. The molecule has 19 nitrogen and oxygen atoms in total. The molecule has 0 aliphatic rings. The van der Waals surface area contributed by atoms with Crippen LogP contribution in [0.25, 0.3) is 0 Å². The van der Waals surface area contributed by atoms with E-state index in [2.05, 4.69) is 26.6 Å². The SMILES string of the molecule is CC[C@H](C)[C@H](NC(=O)[C@H](CCC(N)=O)NC(=O)CNC(=O)[C@@H](N)CC(N)=O)C(=O)N[C@@H](CC(=O)O)C(=O)N[C@@H](CCSC)C(=O)O. The highest BCUT2D eigenvalue weighted by Gasteiger charge is 2.34. The minimum atomic E-state index is -1.71. The number of thioether (sulfide) groups is 1. The fourth-order valence-corrected chi connectivity index (χ4v) is 4.25. The van der Waals surface area contributed by atoms with Gasteiger partial charge in [-0.25, -0.2) is 4.79 Å².